The summed E-state index contributed by atoms with van der Waals surface area (Å²) in [6.45, 7) is 1.46. The molecule has 0 aliphatic heterocycles. The highest BCUT2D eigenvalue weighted by molar-refractivity contribution is 9.13. The third-order valence-electron chi connectivity index (χ3n) is 5.15. The maximum atomic E-state index is 12.9. The lowest BCUT2D eigenvalue weighted by atomic mass is 10.2. The molecule has 0 aliphatic carbocycles. The van der Waals surface area contributed by atoms with Crippen molar-refractivity contribution >= 4 is 55.6 Å². The van der Waals surface area contributed by atoms with Crippen LogP contribution in [0, 0.1) is 0 Å². The zero-order chi connectivity index (χ0) is 26.0. The fourth-order valence-electron chi connectivity index (χ4n) is 3.38. The van der Waals surface area contributed by atoms with Gasteiger partial charge >= 0.3 is 0 Å². The number of imidazole rings is 2. The highest BCUT2D eigenvalue weighted by atomic mass is 79.9. The number of carbonyl (C=O) groups excluding carboxylic acids is 1. The molecule has 37 heavy (non-hydrogen) atoms. The van der Waals surface area contributed by atoms with Crippen molar-refractivity contribution in [3.8, 4) is 0 Å². The Kier molecular flexibility index (Phi) is 10.1. The van der Waals surface area contributed by atoms with Gasteiger partial charge in [0.05, 0.1) is 18.9 Å². The van der Waals surface area contributed by atoms with Gasteiger partial charge in [-0.25, -0.2) is 9.97 Å². The normalized spacial score (nSPS) is 11.3. The molecule has 0 atom stereocenters. The number of hydrogen-bond acceptors (Lipinski definition) is 6. The van der Waals surface area contributed by atoms with Gasteiger partial charge in [0.25, 0.3) is 5.91 Å². The predicted molar refractivity (Wildman–Crippen MR) is 151 cm³/mol. The monoisotopic (exact) mass is 645 g/mol. The zero-order valence-corrected chi connectivity index (χ0v) is 24.0. The lowest BCUT2D eigenvalue weighted by Gasteiger charge is -2.09. The summed E-state index contributed by atoms with van der Waals surface area (Å²) in [5, 5.41) is 3.58. The Bertz CT molecular complexity index is 1340. The smallest absolute Gasteiger partial charge is 0.291 e. The van der Waals surface area contributed by atoms with Crippen LogP contribution in [0.1, 0.15) is 27.4 Å². The van der Waals surface area contributed by atoms with E-state index in [9.17, 15) is 4.79 Å². The average molecular weight is 647 g/mol. The van der Waals surface area contributed by atoms with E-state index < -0.39 is 0 Å². The Balaban J connectivity index is 1.34. The summed E-state index contributed by atoms with van der Waals surface area (Å²) in [4.78, 5) is 21.8. The van der Waals surface area contributed by atoms with E-state index in [0.717, 1.165) is 16.3 Å². The number of carbonyl (C=O) groups is 1. The third kappa shape index (κ3) is 7.65. The fourth-order valence-corrected chi connectivity index (χ4v) is 4.66. The van der Waals surface area contributed by atoms with Gasteiger partial charge in [-0.2, -0.15) is 0 Å². The van der Waals surface area contributed by atoms with Crippen LogP contribution in [0.5, 0.6) is 0 Å². The van der Waals surface area contributed by atoms with E-state index in [1.54, 1.807) is 16.8 Å². The van der Waals surface area contributed by atoms with Crippen molar-refractivity contribution in [3.63, 3.8) is 0 Å². The number of thioether (sulfide) groups is 1. The van der Waals surface area contributed by atoms with E-state index >= 15 is 0 Å². The maximum Gasteiger partial charge on any atom is 0.291 e. The largest absolute Gasteiger partial charge is 0.356 e. The summed E-state index contributed by atoms with van der Waals surface area (Å²) < 4.78 is 16.4. The minimum absolute atomic E-state index is 0.158. The fraction of sp³-hybridized carbons (Fsp3) is 0.192. The molecule has 0 saturated heterocycles. The third-order valence-corrected chi connectivity index (χ3v) is 7.73. The van der Waals surface area contributed by atoms with Crippen molar-refractivity contribution < 1.29 is 14.3 Å². The van der Waals surface area contributed by atoms with E-state index in [-0.39, 0.29) is 18.5 Å². The van der Waals surface area contributed by atoms with E-state index in [1.807, 2.05) is 77.7 Å². The first-order chi connectivity index (χ1) is 18.0. The minimum Gasteiger partial charge on any atom is -0.356 e. The van der Waals surface area contributed by atoms with E-state index in [0.29, 0.717) is 34.8 Å². The van der Waals surface area contributed by atoms with Gasteiger partial charge in [-0.1, -0.05) is 72.4 Å². The molecule has 0 fully saturated rings. The first-order valence-electron chi connectivity index (χ1n) is 11.3. The van der Waals surface area contributed by atoms with Crippen molar-refractivity contribution in [1.29, 1.82) is 0 Å². The van der Waals surface area contributed by atoms with Gasteiger partial charge in [0.15, 0.2) is 5.16 Å². The van der Waals surface area contributed by atoms with Crippen LogP contribution in [0.15, 0.2) is 87.4 Å². The number of amides is 1. The second-order valence-corrected chi connectivity index (χ2v) is 10.1. The number of rotatable bonds is 12. The number of nitrogens with one attached hydrogen (secondary N) is 1. The summed E-state index contributed by atoms with van der Waals surface area (Å²) in [6, 6.07) is 19.8. The molecule has 2 heterocycles. The van der Waals surface area contributed by atoms with Crippen LogP contribution >= 0.6 is 43.6 Å². The minimum atomic E-state index is -0.373. The van der Waals surface area contributed by atoms with E-state index in [2.05, 4.69) is 47.1 Å². The summed E-state index contributed by atoms with van der Waals surface area (Å²) in [5.74, 6) is -0.164. The Morgan fingerprint density at radius 3 is 2.22 bits per heavy atom. The molecule has 0 bridgehead atoms. The number of aromatic nitrogens is 4. The highest BCUT2D eigenvalue weighted by Crippen LogP contribution is 2.24. The van der Waals surface area contributed by atoms with Gasteiger partial charge in [0.1, 0.15) is 22.7 Å². The molecule has 2 aromatic carbocycles. The second-order valence-electron chi connectivity index (χ2n) is 7.80. The molecular formula is C26H25Br2N5O3S. The topological polar surface area (TPSA) is 83.2 Å². The Morgan fingerprint density at radius 1 is 0.973 bits per heavy atom. The predicted octanol–water partition coefficient (Wildman–Crippen LogP) is 6.08. The van der Waals surface area contributed by atoms with Crippen LogP contribution < -0.4 is 5.32 Å². The molecular weight excluding hydrogens is 622 g/mol. The van der Waals surface area contributed by atoms with Crippen LogP contribution in [-0.2, 0) is 36.1 Å². The number of halogens is 2. The molecule has 4 aromatic rings. The van der Waals surface area contributed by atoms with Crippen LogP contribution in [0.4, 0.5) is 0 Å². The first kappa shape index (κ1) is 27.3. The van der Waals surface area contributed by atoms with Crippen molar-refractivity contribution in [3.05, 3.63) is 105 Å². The van der Waals surface area contributed by atoms with Gasteiger partial charge in [-0.3, -0.25) is 9.36 Å². The molecule has 11 heteroatoms. The van der Waals surface area contributed by atoms with Crippen LogP contribution in [0.2, 0.25) is 0 Å². The van der Waals surface area contributed by atoms with Crippen molar-refractivity contribution in [1.82, 2.24) is 24.4 Å². The molecule has 192 valence electrons. The number of benzene rings is 2. The zero-order valence-electron chi connectivity index (χ0n) is 20.0. The lowest BCUT2D eigenvalue weighted by molar-refractivity contribution is 0.0587. The average Bonchev–Trinajstić information content (AvgIpc) is 3.45. The van der Waals surface area contributed by atoms with Crippen molar-refractivity contribution in [2.75, 3.05) is 6.26 Å². The molecule has 0 spiro atoms. The molecule has 4 rings (SSSR count). The Morgan fingerprint density at radius 2 is 1.59 bits per heavy atom. The number of nitrogens with zero attached hydrogens (tertiary/aromatic N) is 4. The van der Waals surface area contributed by atoms with Gasteiger partial charge in [0, 0.05) is 12.4 Å². The maximum absolute atomic E-state index is 12.9. The quantitative estimate of drug-likeness (QED) is 0.188. The highest BCUT2D eigenvalue weighted by Gasteiger charge is 2.19. The Labute approximate surface area is 236 Å². The molecule has 0 radical (unpaired) electrons. The van der Waals surface area contributed by atoms with Crippen molar-refractivity contribution in [2.45, 2.75) is 31.8 Å². The second kappa shape index (κ2) is 13.7. The van der Waals surface area contributed by atoms with Gasteiger partial charge in [-0.15, -0.1) is 0 Å². The molecule has 0 aliphatic rings. The van der Waals surface area contributed by atoms with Crippen LogP contribution in [0.25, 0.3) is 6.08 Å². The molecule has 0 saturated carbocycles. The lowest BCUT2D eigenvalue weighted by Crippen LogP contribution is -2.23. The summed E-state index contributed by atoms with van der Waals surface area (Å²) in [7, 11) is 0. The van der Waals surface area contributed by atoms with E-state index in [1.165, 1.54) is 11.8 Å². The van der Waals surface area contributed by atoms with Crippen LogP contribution in [-0.4, -0.2) is 31.3 Å². The number of ether oxygens (including phenoxy) is 2. The molecule has 8 nitrogen and oxygen atoms in total. The van der Waals surface area contributed by atoms with E-state index in [4.69, 9.17) is 9.47 Å². The van der Waals surface area contributed by atoms with Crippen molar-refractivity contribution in [2.24, 2.45) is 0 Å². The standard InChI is InChI=1S/C26H25Br2N5O3S/c1-37-26-30-21(14-32(26)17-35-15-19-8-4-2-5-9-19)12-13-29-25(34)24-31-22(27)23(28)33(24)18-36-16-20-10-6-3-7-11-20/h2-14H,15-18H2,1H3,(H,29,34)/b13-12-. The Hall–Kier alpha value is -2.70. The van der Waals surface area contributed by atoms with Gasteiger partial charge in [0.2, 0.25) is 5.82 Å². The molecule has 2 aromatic heterocycles. The summed E-state index contributed by atoms with van der Waals surface area (Å²) in [6.07, 6.45) is 7.12. The summed E-state index contributed by atoms with van der Waals surface area (Å²) >= 11 is 8.36. The molecule has 1 N–H and O–H groups in total. The van der Waals surface area contributed by atoms with Crippen LogP contribution in [0.3, 0.4) is 0 Å². The molecule has 1 amide bonds. The van der Waals surface area contributed by atoms with Gasteiger partial charge < -0.3 is 19.4 Å². The first-order valence-corrected chi connectivity index (χ1v) is 14.1. The number of hydrogen-bond donors (Lipinski definition) is 1. The summed E-state index contributed by atoms with van der Waals surface area (Å²) in [5.41, 5.74) is 2.85. The SMILES string of the molecule is CSc1nc(/C=C\NC(=O)c2nc(Br)c(Br)n2COCc2ccccc2)cn1COCc1ccccc1. The van der Waals surface area contributed by atoms with Gasteiger partial charge in [-0.05, 0) is 55.3 Å². The molecule has 0 unspecified atom stereocenters.